The normalized spacial score (nSPS) is 12.7. The minimum absolute atomic E-state index is 0.127. The number of hydrogen-bond donors (Lipinski definition) is 0. The molecule has 5 heterocycles. The monoisotopic (exact) mass is 951 g/mol. The highest BCUT2D eigenvalue weighted by Crippen LogP contribution is 2.54. The first-order valence-electron chi connectivity index (χ1n) is 26.0. The molecule has 0 aliphatic heterocycles. The Kier molecular flexibility index (Phi) is 8.83. The zero-order valence-corrected chi connectivity index (χ0v) is 42.4. The molecule has 0 fully saturated rings. The number of rotatable bonds is 6. The van der Waals surface area contributed by atoms with Crippen LogP contribution < -0.4 is 9.80 Å². The summed E-state index contributed by atoms with van der Waals surface area (Å²) >= 11 is 0. The van der Waals surface area contributed by atoms with E-state index in [9.17, 15) is 0 Å². The summed E-state index contributed by atoms with van der Waals surface area (Å²) in [5.41, 5.74) is 15.8. The standard InChI is InChI=1S/C69H53N5/c1-68(2,3)44-37-54-53-36-43-24-20-22-34-51(43)65(72(48-29-15-9-16-30-48)49-31-17-10-18-32-49)66(53)73-58-41-70-67-61(59(58)56(39-44)62(54)73)60-50-33-21-19-23-42(50)35-52-55-38-45(69(4,5)6)40-57(63(55)74(67)64(52)60)71(46-25-11-7-12-26-46)47-27-13-8-14-28-47/h7-41H,1-6H3. The second-order valence-corrected chi connectivity index (χ2v) is 22.4. The van der Waals surface area contributed by atoms with Crippen LogP contribution in [0.2, 0.25) is 0 Å². The Morgan fingerprint density at radius 1 is 0.351 bits per heavy atom. The van der Waals surface area contributed by atoms with Crippen LogP contribution in [0.15, 0.2) is 212 Å². The predicted molar refractivity (Wildman–Crippen MR) is 315 cm³/mol. The van der Waals surface area contributed by atoms with Crippen molar-refractivity contribution in [1.29, 1.82) is 0 Å². The van der Waals surface area contributed by atoms with Crippen molar-refractivity contribution in [2.75, 3.05) is 9.80 Å². The van der Waals surface area contributed by atoms with E-state index in [1.807, 2.05) is 0 Å². The summed E-state index contributed by atoms with van der Waals surface area (Å²) in [6, 6.07) is 76.2. The van der Waals surface area contributed by atoms with Gasteiger partial charge in [-0.2, -0.15) is 0 Å². The predicted octanol–water partition coefficient (Wildman–Crippen LogP) is 19.2. The highest BCUT2D eigenvalue weighted by Gasteiger charge is 2.33. The molecule has 0 atom stereocenters. The van der Waals surface area contributed by atoms with Crippen molar-refractivity contribution in [2.24, 2.45) is 0 Å². The van der Waals surface area contributed by atoms with Crippen molar-refractivity contribution in [1.82, 2.24) is 13.8 Å². The van der Waals surface area contributed by atoms with Crippen LogP contribution in [-0.4, -0.2) is 13.8 Å². The van der Waals surface area contributed by atoms with Gasteiger partial charge in [-0.3, -0.25) is 4.40 Å². The molecule has 0 unspecified atom stereocenters. The molecule has 0 saturated carbocycles. The Morgan fingerprint density at radius 2 is 0.797 bits per heavy atom. The van der Waals surface area contributed by atoms with E-state index in [2.05, 4.69) is 273 Å². The van der Waals surface area contributed by atoms with E-state index in [1.54, 1.807) is 0 Å². The number of anilines is 6. The second kappa shape index (κ2) is 15.3. The Morgan fingerprint density at radius 3 is 1.36 bits per heavy atom. The van der Waals surface area contributed by atoms with E-state index in [0.29, 0.717) is 0 Å². The minimum Gasteiger partial charge on any atom is -0.308 e. The van der Waals surface area contributed by atoms with Crippen LogP contribution >= 0.6 is 0 Å². The molecule has 5 aromatic heterocycles. The van der Waals surface area contributed by atoms with Crippen molar-refractivity contribution in [2.45, 2.75) is 52.4 Å². The summed E-state index contributed by atoms with van der Waals surface area (Å²) in [4.78, 5) is 10.7. The number of hydrogen-bond acceptors (Lipinski definition) is 3. The molecule has 354 valence electrons. The van der Waals surface area contributed by atoms with Crippen LogP contribution in [0.5, 0.6) is 0 Å². The summed E-state index contributed by atoms with van der Waals surface area (Å²) in [5.74, 6) is 0. The Labute approximate surface area is 429 Å². The lowest BCUT2D eigenvalue weighted by atomic mass is 9.85. The molecule has 0 amide bonds. The first-order chi connectivity index (χ1) is 36.0. The van der Waals surface area contributed by atoms with Crippen molar-refractivity contribution >= 4 is 132 Å². The maximum absolute atomic E-state index is 5.81. The van der Waals surface area contributed by atoms with E-state index < -0.39 is 0 Å². The van der Waals surface area contributed by atoms with Crippen molar-refractivity contribution in [3.05, 3.63) is 224 Å². The van der Waals surface area contributed by atoms with Gasteiger partial charge >= 0.3 is 0 Å². The maximum atomic E-state index is 5.81. The van der Waals surface area contributed by atoms with Gasteiger partial charge in [0.05, 0.1) is 45.2 Å². The fourth-order valence-electron chi connectivity index (χ4n) is 12.5. The van der Waals surface area contributed by atoms with Crippen molar-refractivity contribution < 1.29 is 0 Å². The van der Waals surface area contributed by atoms with Crippen LogP contribution in [0.3, 0.4) is 0 Å². The van der Waals surface area contributed by atoms with Crippen molar-refractivity contribution in [3.63, 3.8) is 0 Å². The van der Waals surface area contributed by atoms with Gasteiger partial charge in [-0.25, -0.2) is 4.98 Å². The summed E-state index contributed by atoms with van der Waals surface area (Å²) in [5, 5.41) is 14.7. The lowest BCUT2D eigenvalue weighted by Crippen LogP contribution is -2.15. The first-order valence-corrected chi connectivity index (χ1v) is 26.0. The third-order valence-electron chi connectivity index (χ3n) is 16.0. The molecule has 0 bridgehead atoms. The molecule has 15 aromatic rings. The fourth-order valence-corrected chi connectivity index (χ4v) is 12.5. The first kappa shape index (κ1) is 42.7. The zero-order chi connectivity index (χ0) is 49.8. The minimum atomic E-state index is -0.135. The number of aromatic nitrogens is 3. The van der Waals surface area contributed by atoms with Crippen molar-refractivity contribution in [3.8, 4) is 0 Å². The highest BCUT2D eigenvalue weighted by molar-refractivity contribution is 6.40. The van der Waals surface area contributed by atoms with Gasteiger partial charge in [-0.15, -0.1) is 0 Å². The average Bonchev–Trinajstić information content (AvgIpc) is 4.19. The average molecular weight is 952 g/mol. The van der Waals surface area contributed by atoms with E-state index >= 15 is 0 Å². The van der Waals surface area contributed by atoms with Crippen LogP contribution in [-0.2, 0) is 10.8 Å². The van der Waals surface area contributed by atoms with Crippen LogP contribution in [0.25, 0.3) is 97.9 Å². The molecule has 74 heavy (non-hydrogen) atoms. The van der Waals surface area contributed by atoms with Crippen LogP contribution in [0.1, 0.15) is 52.7 Å². The summed E-state index contributed by atoms with van der Waals surface area (Å²) in [6.45, 7) is 14.1. The number of pyridine rings is 1. The lowest BCUT2D eigenvalue weighted by Gasteiger charge is -2.29. The molecule has 15 rings (SSSR count). The van der Waals surface area contributed by atoms with Crippen LogP contribution in [0.4, 0.5) is 34.1 Å². The maximum Gasteiger partial charge on any atom is 0.146 e. The molecule has 0 spiro atoms. The van der Waals surface area contributed by atoms with E-state index in [0.717, 1.165) is 50.8 Å². The number of benzene rings is 10. The van der Waals surface area contributed by atoms with Gasteiger partial charge < -0.3 is 14.2 Å². The quantitative estimate of drug-likeness (QED) is 0.166. The molecule has 0 saturated heterocycles. The number of nitrogens with zero attached hydrogens (tertiary/aromatic N) is 5. The lowest BCUT2D eigenvalue weighted by molar-refractivity contribution is 0.591. The van der Waals surface area contributed by atoms with E-state index in [-0.39, 0.29) is 10.8 Å². The molecular weight excluding hydrogens is 899 g/mol. The third-order valence-corrected chi connectivity index (χ3v) is 16.0. The second-order valence-electron chi connectivity index (χ2n) is 22.4. The van der Waals surface area contributed by atoms with Gasteiger partial charge in [-0.05, 0) is 123 Å². The molecule has 0 aliphatic carbocycles. The van der Waals surface area contributed by atoms with Crippen LogP contribution in [0, 0.1) is 0 Å². The van der Waals surface area contributed by atoms with E-state index in [4.69, 9.17) is 4.98 Å². The van der Waals surface area contributed by atoms with Gasteiger partial charge in [0.1, 0.15) is 5.65 Å². The molecule has 0 N–H and O–H groups in total. The molecule has 0 radical (unpaired) electrons. The largest absolute Gasteiger partial charge is 0.308 e. The molecule has 0 aliphatic rings. The highest BCUT2D eigenvalue weighted by atomic mass is 15.2. The number of para-hydroxylation sites is 4. The molecular formula is C69H53N5. The Bertz CT molecular complexity index is 4630. The Balaban J connectivity index is 1.19. The molecule has 10 aromatic carbocycles. The molecule has 5 nitrogen and oxygen atoms in total. The van der Waals surface area contributed by atoms with Gasteiger partial charge in [0.25, 0.3) is 0 Å². The molecule has 5 heteroatoms. The topological polar surface area (TPSA) is 28.2 Å². The van der Waals surface area contributed by atoms with Gasteiger partial charge in [0.2, 0.25) is 0 Å². The van der Waals surface area contributed by atoms with Gasteiger partial charge in [-0.1, -0.05) is 163 Å². The summed E-state index contributed by atoms with van der Waals surface area (Å²) in [7, 11) is 0. The van der Waals surface area contributed by atoms with E-state index in [1.165, 1.54) is 92.3 Å². The van der Waals surface area contributed by atoms with Gasteiger partial charge in [0, 0.05) is 71.2 Å². The SMILES string of the molecule is CC(C)(C)c1cc(N(c2ccccc2)c2ccccc2)c2c(c1)c1cc3ccccc3c3c4c5c6cc(C(C)(C)C)cc7c8cc9ccccc9c(N(c9ccccc9)c9ccccc9)c8n(c5cnc4n2c13)c76. The zero-order valence-electron chi connectivity index (χ0n) is 42.4. The number of fused-ring (bicyclic) bond motifs is 16. The summed E-state index contributed by atoms with van der Waals surface area (Å²) < 4.78 is 5.11. The Hall–Kier alpha value is -8.93. The third kappa shape index (κ3) is 5.95. The fraction of sp³-hybridized carbons (Fsp3) is 0.116. The van der Waals surface area contributed by atoms with Gasteiger partial charge in [0.15, 0.2) is 0 Å². The summed E-state index contributed by atoms with van der Waals surface area (Å²) in [6.07, 6.45) is 2.19. The smallest absolute Gasteiger partial charge is 0.146 e.